The number of aromatic nitrogens is 4. The van der Waals surface area contributed by atoms with Crippen molar-refractivity contribution in [1.29, 1.82) is 0 Å². The second-order valence-corrected chi connectivity index (χ2v) is 29.2. The number of nitrogens with zero attached hydrogens (tertiary/aromatic N) is 4. The van der Waals surface area contributed by atoms with Crippen LogP contribution in [0.25, 0.3) is 0 Å². The summed E-state index contributed by atoms with van der Waals surface area (Å²) in [4.78, 5) is 44.4. The fourth-order valence-corrected chi connectivity index (χ4v) is 8.02. The van der Waals surface area contributed by atoms with Crippen LogP contribution in [-0.4, -0.2) is 93.7 Å². The van der Waals surface area contributed by atoms with Gasteiger partial charge in [0.2, 0.25) is 0 Å². The Hall–Kier alpha value is -6.66. The molecular weight excluding hydrogens is 1460 g/mol. The van der Waals surface area contributed by atoms with Gasteiger partial charge in [-0.2, -0.15) is 0 Å². The molecule has 0 saturated heterocycles. The quantitative estimate of drug-likeness (QED) is 0.0276. The van der Waals surface area contributed by atoms with Crippen molar-refractivity contribution in [2.24, 2.45) is 0 Å². The van der Waals surface area contributed by atoms with Gasteiger partial charge in [0, 0.05) is 72.0 Å². The number of aryl methyl sites for hydroxylation is 2. The molecule has 0 saturated carbocycles. The number of nitrogens with one attached hydrogen (secondary N) is 4. The normalized spacial score (nSPS) is 15.0. The molecule has 0 aliphatic rings. The molecular formula is C52H74F24N8O9P4. The number of H-pyrrole nitrogens is 2. The molecule has 2 unspecified atom stereocenters. The maximum atomic E-state index is 11.5. The van der Waals surface area contributed by atoms with Crippen LogP contribution < -0.4 is 19.8 Å². The summed E-state index contributed by atoms with van der Waals surface area (Å²) in [7, 11) is -42.6. The molecule has 6 aromatic rings. The Morgan fingerprint density at radius 2 is 0.680 bits per heavy atom. The zero-order valence-electron chi connectivity index (χ0n) is 51.5. The number of aromatic amines is 2. The number of carboxylic acids is 2. The number of hydrogen-bond acceptors (Lipinski definition) is 8. The van der Waals surface area contributed by atoms with E-state index < -0.39 is 43.2 Å². The summed E-state index contributed by atoms with van der Waals surface area (Å²) >= 11 is 0. The summed E-state index contributed by atoms with van der Waals surface area (Å²) in [5, 5.41) is 41.1. The summed E-state index contributed by atoms with van der Waals surface area (Å²) in [5.74, 6) is -1.31. The predicted octanol–water partition coefficient (Wildman–Crippen LogP) is 15.0. The van der Waals surface area contributed by atoms with Gasteiger partial charge in [0.15, 0.2) is 23.8 Å². The van der Waals surface area contributed by atoms with Crippen molar-refractivity contribution in [2.45, 2.75) is 106 Å². The first-order valence-corrected chi connectivity index (χ1v) is 34.7. The molecule has 0 radical (unpaired) electrons. The van der Waals surface area contributed by atoms with Crippen molar-refractivity contribution in [1.82, 2.24) is 19.8 Å². The average molecular weight is 1540 g/mol. The topological polar surface area (TPSA) is 279 Å². The zero-order chi connectivity index (χ0) is 73.2. The third kappa shape index (κ3) is 61.4. The first-order valence-electron chi connectivity index (χ1n) is 26.6. The number of carboxylic acid groups (broad SMARTS) is 2. The number of halogens is 24. The van der Waals surface area contributed by atoms with Gasteiger partial charge in [0.05, 0.1) is 49.7 Å². The molecule has 14 N–H and O–H groups in total. The Balaban J connectivity index is -0.00000128. The average Bonchev–Trinajstić information content (AvgIpc) is 0.816. The third-order valence-corrected chi connectivity index (χ3v) is 11.4. The largest absolute Gasteiger partial charge is 0.412 e. The van der Waals surface area contributed by atoms with E-state index in [1.807, 2.05) is 133 Å². The maximum absolute atomic E-state index is 11.5. The van der Waals surface area contributed by atoms with E-state index in [1.54, 1.807) is 12.4 Å². The Morgan fingerprint density at radius 1 is 0.423 bits per heavy atom. The van der Waals surface area contributed by atoms with E-state index in [4.69, 9.17) is 0 Å². The zero-order valence-corrected chi connectivity index (χ0v) is 55.1. The van der Waals surface area contributed by atoms with Crippen LogP contribution in [0.15, 0.2) is 122 Å². The van der Waals surface area contributed by atoms with E-state index in [1.165, 1.54) is 9.80 Å². The summed E-state index contributed by atoms with van der Waals surface area (Å²) in [6.07, 6.45) is 7.25. The third-order valence-electron chi connectivity index (χ3n) is 11.4. The minimum atomic E-state index is -10.7. The number of phenols is 2. The van der Waals surface area contributed by atoms with E-state index in [2.05, 4.69) is 47.6 Å². The number of aliphatic carboxylic acids is 2. The van der Waals surface area contributed by atoms with Crippen molar-refractivity contribution in [2.75, 3.05) is 13.1 Å². The first-order chi connectivity index (χ1) is 41.4. The van der Waals surface area contributed by atoms with Crippen LogP contribution in [-0.2, 0) is 61.9 Å². The van der Waals surface area contributed by atoms with Crippen LogP contribution >= 0.6 is 31.2 Å². The molecule has 97 heavy (non-hydrogen) atoms. The van der Waals surface area contributed by atoms with Crippen molar-refractivity contribution in [3.8, 4) is 11.5 Å². The molecule has 0 fully saturated rings. The van der Waals surface area contributed by atoms with Gasteiger partial charge in [0.1, 0.15) is 37.7 Å². The number of phenolic OH excluding ortho intramolecular Hbond substituents is 2. The minimum absolute atomic E-state index is 0. The van der Waals surface area contributed by atoms with Gasteiger partial charge >= 0.3 is 144 Å². The molecule has 0 aliphatic carbocycles. The monoisotopic (exact) mass is 1530 g/mol. The Kier molecular flexibility index (Phi) is 31.3. The second kappa shape index (κ2) is 32.1. The summed E-state index contributed by atoms with van der Waals surface area (Å²) in [6, 6.07) is 31.9. The molecule has 4 heterocycles. The number of carbonyl (C=O) groups is 2. The van der Waals surface area contributed by atoms with Crippen molar-refractivity contribution in [3.05, 3.63) is 178 Å². The van der Waals surface area contributed by atoms with Gasteiger partial charge in [-0.3, -0.25) is 29.4 Å². The summed E-state index contributed by atoms with van der Waals surface area (Å²) in [6.45, 7) is 16.8. The van der Waals surface area contributed by atoms with Crippen LogP contribution in [0.2, 0.25) is 0 Å². The Labute approximate surface area is 537 Å². The molecule has 4 aromatic heterocycles. The number of aromatic hydroxyl groups is 2. The Morgan fingerprint density at radius 3 is 0.897 bits per heavy atom. The maximum Gasteiger partial charge on any atom is -0.412 e. The van der Waals surface area contributed by atoms with Crippen LogP contribution in [0, 0.1) is 13.8 Å². The van der Waals surface area contributed by atoms with Crippen molar-refractivity contribution in [3.63, 3.8) is 0 Å². The van der Waals surface area contributed by atoms with Gasteiger partial charge < -0.3 is 46.7 Å². The van der Waals surface area contributed by atoms with Crippen LogP contribution in [0.4, 0.5) is 101 Å². The van der Waals surface area contributed by atoms with Gasteiger partial charge in [0.25, 0.3) is 0 Å². The number of hydrogen-bond donors (Lipinski definition) is 6. The minimum Gasteiger partial charge on any atom is -0.412 e. The van der Waals surface area contributed by atoms with Gasteiger partial charge in [-0.05, 0) is 77.9 Å². The van der Waals surface area contributed by atoms with E-state index in [9.17, 15) is 131 Å². The van der Waals surface area contributed by atoms with E-state index in [0.29, 0.717) is 51.4 Å². The van der Waals surface area contributed by atoms with E-state index in [0.717, 1.165) is 69.2 Å². The standard InChI is InChI=1S/2C26H32N4O3.4F6P.3H2O/c2*1-19(2)30(17-24-9-5-7-11-28-24)15-22-13-20(3)12-21(26(22)33)14-29(18-25(31)32)16-23-8-4-6-10-27-23;4*1-7(2,3,4,5)6;;;/h2*4-13,19,33H,14-18H2,1-3H3,(H,31,32);;;;;3*1H2/q;;4*-1;;;/p+4. The smallest absolute Gasteiger partial charge is 0.412 e. The van der Waals surface area contributed by atoms with Crippen LogP contribution in [0.5, 0.6) is 11.5 Å². The molecule has 2 atom stereocenters. The molecule has 2 aromatic carbocycles. The van der Waals surface area contributed by atoms with Crippen LogP contribution in [0.3, 0.4) is 0 Å². The molecule has 0 amide bonds. The van der Waals surface area contributed by atoms with E-state index in [-0.39, 0.29) is 41.0 Å². The molecule has 0 bridgehead atoms. The first kappa shape index (κ1) is 94.5. The van der Waals surface area contributed by atoms with Gasteiger partial charge in [-0.15, -0.1) is 0 Å². The number of pyridine rings is 4. The molecule has 0 aliphatic heterocycles. The summed E-state index contributed by atoms with van der Waals surface area (Å²) in [5.41, 5.74) is 9.15. The second-order valence-electron chi connectivity index (χ2n) is 21.5. The molecule has 17 nitrogen and oxygen atoms in total. The Bertz CT molecular complexity index is 3100. The van der Waals surface area contributed by atoms with Gasteiger partial charge in [-0.1, -0.05) is 47.5 Å². The summed E-state index contributed by atoms with van der Waals surface area (Å²) < 4.78 is 237. The predicted molar refractivity (Wildman–Crippen MR) is 316 cm³/mol. The number of rotatable bonds is 22. The molecule has 564 valence electrons. The molecule has 0 spiro atoms. The van der Waals surface area contributed by atoms with Gasteiger partial charge in [-0.25, -0.2) is 9.97 Å². The molecule has 45 heteroatoms. The SMILES string of the molecule is Cc1cc(CN(CC(=O)O)Cc2cccc[nH+]2)c(O)c(C[NH+](Cc2ccccn2)C(C)C)c1.Cc1cc(CN(CC(=O)O)Cc2cccc[nH+]2)c(O)c(C[NH+](Cc2ccccn2)C(C)C)c1.F[P-](F)(F)(F)(F)F.F[P-](F)(F)(F)(F)F.F[P-](F)(F)(F)(F)F.F[P-](F)(F)(F)(F)F.O.O.O. The van der Waals surface area contributed by atoms with Crippen LogP contribution in [0.1, 0.15) is 83.9 Å². The number of benzene rings is 2. The van der Waals surface area contributed by atoms with E-state index >= 15 is 0 Å². The van der Waals surface area contributed by atoms with Crippen molar-refractivity contribution < 1.29 is 167 Å². The molecule has 6 rings (SSSR count). The van der Waals surface area contributed by atoms with Crippen molar-refractivity contribution >= 4 is 43.2 Å². The number of quaternary nitrogens is 2. The fourth-order valence-electron chi connectivity index (χ4n) is 8.02. The fraction of sp³-hybridized carbons (Fsp3) is 0.346.